The van der Waals surface area contributed by atoms with Gasteiger partial charge in [0, 0.05) is 22.1 Å². The van der Waals surface area contributed by atoms with E-state index in [1.165, 1.54) is 33.4 Å². The van der Waals surface area contributed by atoms with Crippen molar-refractivity contribution in [1.82, 2.24) is 4.57 Å². The van der Waals surface area contributed by atoms with Gasteiger partial charge >= 0.3 is 0 Å². The molecule has 0 N–H and O–H groups in total. The fourth-order valence-corrected chi connectivity index (χ4v) is 4.30. The molecule has 0 radical (unpaired) electrons. The summed E-state index contributed by atoms with van der Waals surface area (Å²) in [4.78, 5) is 0. The van der Waals surface area contributed by atoms with Crippen molar-refractivity contribution >= 4 is 23.1 Å². The Morgan fingerprint density at radius 2 is 1.59 bits per heavy atom. The van der Waals surface area contributed by atoms with Crippen LogP contribution in [0, 0.1) is 11.3 Å². The summed E-state index contributed by atoms with van der Waals surface area (Å²) < 4.78 is 2.37. The molecule has 0 saturated carbocycles. The van der Waals surface area contributed by atoms with Crippen LogP contribution in [0.1, 0.15) is 25.1 Å². The van der Waals surface area contributed by atoms with Gasteiger partial charge in [-0.25, -0.2) is 0 Å². The Balaban J connectivity index is 1.70. The molecule has 1 unspecified atom stereocenters. The lowest BCUT2D eigenvalue weighted by Crippen LogP contribution is -2.11. The number of hydrogen-bond donors (Lipinski definition) is 0. The van der Waals surface area contributed by atoms with Crippen LogP contribution in [-0.2, 0) is 0 Å². The van der Waals surface area contributed by atoms with Crippen molar-refractivity contribution in [3.05, 3.63) is 114 Å². The van der Waals surface area contributed by atoms with Crippen molar-refractivity contribution in [1.29, 1.82) is 0 Å². The summed E-state index contributed by atoms with van der Waals surface area (Å²) in [6.45, 7) is 4.51. The lowest BCUT2D eigenvalue weighted by Gasteiger charge is -2.23. The molecule has 1 heterocycles. The molecule has 1 nitrogen and oxygen atoms in total. The van der Waals surface area contributed by atoms with Gasteiger partial charge in [0.15, 0.2) is 0 Å². The number of rotatable bonds is 2. The third-order valence-electron chi connectivity index (χ3n) is 6.04. The van der Waals surface area contributed by atoms with Crippen LogP contribution in [0.2, 0.25) is 0 Å². The zero-order chi connectivity index (χ0) is 19.8. The summed E-state index contributed by atoms with van der Waals surface area (Å²) >= 11 is 0. The summed E-state index contributed by atoms with van der Waals surface area (Å²) in [7, 11) is 0. The van der Waals surface area contributed by atoms with Crippen LogP contribution in [0.5, 0.6) is 0 Å². The average molecular weight is 376 g/mol. The van der Waals surface area contributed by atoms with Crippen molar-refractivity contribution in [2.45, 2.75) is 13.8 Å². The number of fused-ring (bicyclic) bond motifs is 3. The summed E-state index contributed by atoms with van der Waals surface area (Å²) in [6, 6.07) is 19.3. The summed E-state index contributed by atoms with van der Waals surface area (Å²) in [5.74, 6) is 0.467. The Labute approximate surface area is 172 Å². The van der Waals surface area contributed by atoms with Gasteiger partial charge in [-0.1, -0.05) is 91.9 Å². The first-order chi connectivity index (χ1) is 14.2. The fourth-order valence-electron chi connectivity index (χ4n) is 4.30. The Kier molecular flexibility index (Phi) is 4.24. The standard InChI is InChI=1S/C28H25N/c1-21-9-8-10-22(16-15-21)28(2)19-17-25-24-13-6-7-14-26(24)29(27(25)18-20-28)23-11-4-3-5-12-23/h3-21H,1-2H3/t21-,28?/m0/s1. The first-order valence-electron chi connectivity index (χ1n) is 10.3. The van der Waals surface area contributed by atoms with E-state index in [2.05, 4.69) is 128 Å². The summed E-state index contributed by atoms with van der Waals surface area (Å²) in [5, 5.41) is 1.29. The van der Waals surface area contributed by atoms with Gasteiger partial charge in [-0.3, -0.25) is 0 Å². The maximum atomic E-state index is 2.37. The van der Waals surface area contributed by atoms with E-state index in [4.69, 9.17) is 0 Å². The molecule has 0 aliphatic heterocycles. The van der Waals surface area contributed by atoms with Gasteiger partial charge < -0.3 is 4.57 Å². The van der Waals surface area contributed by atoms with Gasteiger partial charge in [0.2, 0.25) is 0 Å². The first-order valence-corrected chi connectivity index (χ1v) is 10.3. The second kappa shape index (κ2) is 6.93. The van der Waals surface area contributed by atoms with E-state index >= 15 is 0 Å². The molecule has 2 aromatic carbocycles. The predicted molar refractivity (Wildman–Crippen MR) is 125 cm³/mol. The Bertz CT molecular complexity index is 1210. The minimum absolute atomic E-state index is 0.146. The fraction of sp³-hybridized carbons (Fsp3) is 0.143. The molecule has 0 saturated heterocycles. The molecule has 2 aliphatic rings. The van der Waals surface area contributed by atoms with E-state index in [0.717, 1.165) is 0 Å². The van der Waals surface area contributed by atoms with Crippen molar-refractivity contribution in [3.63, 3.8) is 0 Å². The summed E-state index contributed by atoms with van der Waals surface area (Å²) in [5.41, 5.74) is 6.12. The maximum absolute atomic E-state index is 2.37. The van der Waals surface area contributed by atoms with Gasteiger partial charge in [0.25, 0.3) is 0 Å². The SMILES string of the molecule is C[C@H]1C=CC=C(C2(C)C=Cc3c(n(-c4ccccc4)c4ccccc34)C=C2)C=C1. The van der Waals surface area contributed by atoms with E-state index in [0.29, 0.717) is 5.92 Å². The molecule has 2 atom stereocenters. The third-order valence-corrected chi connectivity index (χ3v) is 6.04. The molecule has 3 aromatic rings. The molecule has 0 fully saturated rings. The Morgan fingerprint density at radius 3 is 2.45 bits per heavy atom. The highest BCUT2D eigenvalue weighted by Crippen LogP contribution is 2.40. The molecule has 0 spiro atoms. The second-order valence-electron chi connectivity index (χ2n) is 8.16. The molecule has 0 bridgehead atoms. The lowest BCUT2D eigenvalue weighted by molar-refractivity contribution is 0.688. The highest BCUT2D eigenvalue weighted by Gasteiger charge is 2.25. The molecule has 1 heteroatoms. The second-order valence-corrected chi connectivity index (χ2v) is 8.16. The van der Waals surface area contributed by atoms with Crippen molar-refractivity contribution in [2.75, 3.05) is 0 Å². The van der Waals surface area contributed by atoms with Crippen LogP contribution in [0.3, 0.4) is 0 Å². The first kappa shape index (κ1) is 17.8. The lowest BCUT2D eigenvalue weighted by atomic mass is 9.81. The monoisotopic (exact) mass is 375 g/mol. The van der Waals surface area contributed by atoms with Crippen LogP contribution >= 0.6 is 0 Å². The van der Waals surface area contributed by atoms with E-state index < -0.39 is 0 Å². The molecule has 29 heavy (non-hydrogen) atoms. The smallest absolute Gasteiger partial charge is 0.0541 e. The third kappa shape index (κ3) is 3.03. The van der Waals surface area contributed by atoms with Gasteiger partial charge in [-0.2, -0.15) is 0 Å². The van der Waals surface area contributed by atoms with Crippen LogP contribution in [0.25, 0.3) is 28.7 Å². The van der Waals surface area contributed by atoms with Gasteiger partial charge in [0.05, 0.1) is 11.2 Å². The minimum atomic E-state index is -0.146. The number of hydrogen-bond acceptors (Lipinski definition) is 0. The normalized spacial score (nSPS) is 23.0. The van der Waals surface area contributed by atoms with Crippen LogP contribution in [0.15, 0.2) is 103 Å². The summed E-state index contributed by atoms with van der Waals surface area (Å²) in [6.07, 6.45) is 20.5. The quantitative estimate of drug-likeness (QED) is 0.441. The highest BCUT2D eigenvalue weighted by atomic mass is 15.0. The van der Waals surface area contributed by atoms with Crippen molar-refractivity contribution < 1.29 is 0 Å². The maximum Gasteiger partial charge on any atom is 0.0541 e. The molecule has 142 valence electrons. The van der Waals surface area contributed by atoms with E-state index in [9.17, 15) is 0 Å². The number of nitrogens with zero attached hydrogens (tertiary/aromatic N) is 1. The van der Waals surface area contributed by atoms with Gasteiger partial charge in [-0.05, 0) is 42.7 Å². The predicted octanol–water partition coefficient (Wildman–Crippen LogP) is 7.37. The van der Waals surface area contributed by atoms with Crippen LogP contribution in [0.4, 0.5) is 0 Å². The van der Waals surface area contributed by atoms with E-state index in [-0.39, 0.29) is 5.41 Å². The number of benzene rings is 2. The minimum Gasteiger partial charge on any atom is -0.309 e. The average Bonchev–Trinajstić information content (AvgIpc) is 2.86. The Morgan fingerprint density at radius 1 is 0.828 bits per heavy atom. The molecule has 5 rings (SSSR count). The molecular weight excluding hydrogens is 350 g/mol. The Hall–Kier alpha value is -3.32. The molecule has 2 aliphatic carbocycles. The van der Waals surface area contributed by atoms with Gasteiger partial charge in [0.1, 0.15) is 0 Å². The molecular formula is C28H25N. The van der Waals surface area contributed by atoms with E-state index in [1.54, 1.807) is 0 Å². The van der Waals surface area contributed by atoms with E-state index in [1.807, 2.05) is 0 Å². The largest absolute Gasteiger partial charge is 0.309 e. The highest BCUT2D eigenvalue weighted by molar-refractivity contribution is 5.96. The van der Waals surface area contributed by atoms with Gasteiger partial charge in [-0.15, -0.1) is 0 Å². The topological polar surface area (TPSA) is 4.93 Å². The van der Waals surface area contributed by atoms with Crippen LogP contribution < -0.4 is 0 Å². The van der Waals surface area contributed by atoms with Crippen molar-refractivity contribution in [3.8, 4) is 5.69 Å². The van der Waals surface area contributed by atoms with Crippen LogP contribution in [-0.4, -0.2) is 4.57 Å². The number of para-hydroxylation sites is 2. The number of allylic oxidation sites excluding steroid dienone is 8. The number of aromatic nitrogens is 1. The van der Waals surface area contributed by atoms with Crippen molar-refractivity contribution in [2.24, 2.45) is 11.3 Å². The molecule has 0 amide bonds. The zero-order valence-electron chi connectivity index (χ0n) is 16.9. The zero-order valence-corrected chi connectivity index (χ0v) is 16.9. The molecule has 1 aromatic heterocycles.